The minimum atomic E-state index is -3.29. The highest BCUT2D eigenvalue weighted by molar-refractivity contribution is 7.92. The molecule has 0 saturated heterocycles. The van der Waals surface area contributed by atoms with Gasteiger partial charge in [-0.1, -0.05) is 18.2 Å². The van der Waals surface area contributed by atoms with Crippen LogP contribution in [0.4, 0.5) is 5.69 Å². The van der Waals surface area contributed by atoms with E-state index in [-0.39, 0.29) is 11.9 Å². The molecule has 1 amide bonds. The number of amides is 1. The van der Waals surface area contributed by atoms with Gasteiger partial charge >= 0.3 is 0 Å². The standard InChI is InChI=1S/C19H20N2O4S/c1-26(23,24)21-10-8-13-12-14(6-7-17(13)21)19(22)20-16-9-11-25-18-5-3-2-4-15(16)18/h2-7,12,16H,8-11H2,1H3,(H,20,22)/t16-/m0/s1. The average molecular weight is 372 g/mol. The summed E-state index contributed by atoms with van der Waals surface area (Å²) < 4.78 is 30.7. The summed E-state index contributed by atoms with van der Waals surface area (Å²) in [6, 6.07) is 12.8. The van der Waals surface area contributed by atoms with Crippen LogP contribution in [0.3, 0.4) is 0 Å². The highest BCUT2D eigenvalue weighted by atomic mass is 32.2. The predicted octanol–water partition coefficient (Wildman–Crippen LogP) is 2.26. The first-order valence-corrected chi connectivity index (χ1v) is 10.4. The minimum absolute atomic E-state index is 0.0896. The van der Waals surface area contributed by atoms with Gasteiger partial charge in [-0.25, -0.2) is 8.42 Å². The number of para-hydroxylation sites is 1. The molecule has 2 heterocycles. The molecule has 2 aromatic carbocycles. The molecule has 6 nitrogen and oxygen atoms in total. The van der Waals surface area contributed by atoms with E-state index in [1.165, 1.54) is 10.6 Å². The molecule has 26 heavy (non-hydrogen) atoms. The van der Waals surface area contributed by atoms with Crippen LogP contribution in [0.15, 0.2) is 42.5 Å². The first-order valence-electron chi connectivity index (χ1n) is 8.57. The Kier molecular flexibility index (Phi) is 4.11. The summed E-state index contributed by atoms with van der Waals surface area (Å²) in [6.07, 6.45) is 2.53. The number of carbonyl (C=O) groups is 1. The Hall–Kier alpha value is -2.54. The van der Waals surface area contributed by atoms with Crippen LogP contribution in [-0.2, 0) is 16.4 Å². The maximum absolute atomic E-state index is 12.7. The number of benzene rings is 2. The van der Waals surface area contributed by atoms with Crippen molar-refractivity contribution in [2.45, 2.75) is 18.9 Å². The Balaban J connectivity index is 1.56. The summed E-state index contributed by atoms with van der Waals surface area (Å²) in [7, 11) is -3.29. The fraction of sp³-hybridized carbons (Fsp3) is 0.316. The molecular formula is C19H20N2O4S. The Bertz CT molecular complexity index is 971. The van der Waals surface area contributed by atoms with Crippen molar-refractivity contribution in [1.29, 1.82) is 0 Å². The SMILES string of the molecule is CS(=O)(=O)N1CCc2cc(C(=O)N[C@H]3CCOc4ccccc43)ccc21. The van der Waals surface area contributed by atoms with Gasteiger partial charge in [0, 0.05) is 24.1 Å². The monoisotopic (exact) mass is 372 g/mol. The summed E-state index contributed by atoms with van der Waals surface area (Å²) in [5.41, 5.74) is 3.08. The number of sulfonamides is 1. The fourth-order valence-electron chi connectivity index (χ4n) is 3.59. The Morgan fingerprint density at radius 3 is 2.85 bits per heavy atom. The normalized spacial score (nSPS) is 18.7. The van der Waals surface area contributed by atoms with Crippen molar-refractivity contribution < 1.29 is 17.9 Å². The second kappa shape index (κ2) is 6.32. The highest BCUT2D eigenvalue weighted by Gasteiger charge is 2.28. The average Bonchev–Trinajstić information content (AvgIpc) is 3.05. The fourth-order valence-corrected chi connectivity index (χ4v) is 4.55. The van der Waals surface area contributed by atoms with E-state index in [0.717, 1.165) is 23.3 Å². The zero-order valence-corrected chi connectivity index (χ0v) is 15.3. The van der Waals surface area contributed by atoms with Crippen LogP contribution in [0.25, 0.3) is 0 Å². The maximum Gasteiger partial charge on any atom is 0.251 e. The smallest absolute Gasteiger partial charge is 0.251 e. The van der Waals surface area contributed by atoms with Crippen LogP contribution >= 0.6 is 0 Å². The third-order valence-corrected chi connectivity index (χ3v) is 6.04. The van der Waals surface area contributed by atoms with Gasteiger partial charge in [-0.3, -0.25) is 9.10 Å². The first-order chi connectivity index (χ1) is 12.4. The van der Waals surface area contributed by atoms with Gasteiger partial charge < -0.3 is 10.1 Å². The number of hydrogen-bond acceptors (Lipinski definition) is 4. The number of anilines is 1. The van der Waals surface area contributed by atoms with Gasteiger partial charge in [0.15, 0.2) is 0 Å². The highest BCUT2D eigenvalue weighted by Crippen LogP contribution is 2.33. The number of rotatable bonds is 3. The molecule has 0 unspecified atom stereocenters. The third-order valence-electron chi connectivity index (χ3n) is 4.86. The largest absolute Gasteiger partial charge is 0.493 e. The van der Waals surface area contributed by atoms with Gasteiger partial charge in [-0.15, -0.1) is 0 Å². The first kappa shape index (κ1) is 16.9. The van der Waals surface area contributed by atoms with Crippen LogP contribution < -0.4 is 14.4 Å². The van der Waals surface area contributed by atoms with E-state index in [4.69, 9.17) is 4.74 Å². The lowest BCUT2D eigenvalue weighted by Gasteiger charge is -2.26. The summed E-state index contributed by atoms with van der Waals surface area (Å²) in [4.78, 5) is 12.7. The summed E-state index contributed by atoms with van der Waals surface area (Å²) in [5.74, 6) is 0.647. The summed E-state index contributed by atoms with van der Waals surface area (Å²) in [6.45, 7) is 0.988. The van der Waals surface area contributed by atoms with E-state index in [1.54, 1.807) is 18.2 Å². The molecule has 0 spiro atoms. The van der Waals surface area contributed by atoms with Gasteiger partial charge in [0.1, 0.15) is 5.75 Å². The van der Waals surface area contributed by atoms with Gasteiger partial charge in [0.25, 0.3) is 5.91 Å². The quantitative estimate of drug-likeness (QED) is 0.897. The molecule has 1 N–H and O–H groups in total. The number of carbonyl (C=O) groups excluding carboxylic acids is 1. The Morgan fingerprint density at radius 2 is 2.04 bits per heavy atom. The van der Waals surface area contributed by atoms with E-state index in [2.05, 4.69) is 5.32 Å². The molecule has 2 aliphatic heterocycles. The number of nitrogens with zero attached hydrogens (tertiary/aromatic N) is 1. The molecular weight excluding hydrogens is 352 g/mol. The van der Waals surface area contributed by atoms with Crippen molar-refractivity contribution in [3.63, 3.8) is 0 Å². The molecule has 136 valence electrons. The maximum atomic E-state index is 12.7. The minimum Gasteiger partial charge on any atom is -0.493 e. The molecule has 0 saturated carbocycles. The molecule has 2 aliphatic rings. The number of hydrogen-bond donors (Lipinski definition) is 1. The Morgan fingerprint density at radius 1 is 1.23 bits per heavy atom. The van der Waals surface area contributed by atoms with Crippen molar-refractivity contribution in [3.8, 4) is 5.75 Å². The molecule has 2 aromatic rings. The van der Waals surface area contributed by atoms with Crippen molar-refractivity contribution in [2.24, 2.45) is 0 Å². The summed E-state index contributed by atoms with van der Waals surface area (Å²) in [5, 5.41) is 3.07. The van der Waals surface area contributed by atoms with Crippen LogP contribution in [0.2, 0.25) is 0 Å². The zero-order valence-electron chi connectivity index (χ0n) is 14.4. The number of fused-ring (bicyclic) bond motifs is 2. The van der Waals surface area contributed by atoms with Crippen LogP contribution in [-0.4, -0.2) is 33.7 Å². The van der Waals surface area contributed by atoms with Gasteiger partial charge in [-0.05, 0) is 36.2 Å². The molecule has 7 heteroatoms. The van der Waals surface area contributed by atoms with E-state index in [1.807, 2.05) is 24.3 Å². The van der Waals surface area contributed by atoms with Crippen LogP contribution in [0.1, 0.15) is 33.9 Å². The molecule has 0 aliphatic carbocycles. The van der Waals surface area contributed by atoms with Crippen molar-refractivity contribution in [2.75, 3.05) is 23.7 Å². The molecule has 0 aromatic heterocycles. The predicted molar refractivity (Wildman–Crippen MR) is 99.1 cm³/mol. The lowest BCUT2D eigenvalue weighted by molar-refractivity contribution is 0.0924. The third kappa shape index (κ3) is 3.03. The van der Waals surface area contributed by atoms with E-state index < -0.39 is 10.0 Å². The van der Waals surface area contributed by atoms with Crippen molar-refractivity contribution >= 4 is 21.6 Å². The van der Waals surface area contributed by atoms with Gasteiger partial charge in [-0.2, -0.15) is 0 Å². The lowest BCUT2D eigenvalue weighted by atomic mass is 10.00. The molecule has 4 rings (SSSR count). The molecule has 1 atom stereocenters. The van der Waals surface area contributed by atoms with Gasteiger partial charge in [0.2, 0.25) is 10.0 Å². The molecule has 0 radical (unpaired) electrons. The van der Waals surface area contributed by atoms with E-state index in [9.17, 15) is 13.2 Å². The summed E-state index contributed by atoms with van der Waals surface area (Å²) >= 11 is 0. The second-order valence-corrected chi connectivity index (χ2v) is 8.54. The van der Waals surface area contributed by atoms with Crippen molar-refractivity contribution in [1.82, 2.24) is 5.32 Å². The molecule has 0 fully saturated rings. The van der Waals surface area contributed by atoms with Gasteiger partial charge in [0.05, 0.1) is 24.6 Å². The second-order valence-electron chi connectivity index (χ2n) is 6.63. The van der Waals surface area contributed by atoms with E-state index >= 15 is 0 Å². The molecule has 0 bridgehead atoms. The van der Waals surface area contributed by atoms with Crippen molar-refractivity contribution in [3.05, 3.63) is 59.2 Å². The zero-order chi connectivity index (χ0) is 18.3. The lowest BCUT2D eigenvalue weighted by Crippen LogP contribution is -2.32. The Labute approximate surface area is 152 Å². The van der Waals surface area contributed by atoms with Crippen LogP contribution in [0.5, 0.6) is 5.75 Å². The van der Waals surface area contributed by atoms with Crippen LogP contribution in [0, 0.1) is 0 Å². The topological polar surface area (TPSA) is 75.7 Å². The number of ether oxygens (including phenoxy) is 1. The number of nitrogens with one attached hydrogen (secondary N) is 1. The van der Waals surface area contributed by atoms with E-state index in [0.29, 0.717) is 30.8 Å².